The predicted molar refractivity (Wildman–Crippen MR) is 64.2 cm³/mol. The van der Waals surface area contributed by atoms with Gasteiger partial charge in [0.1, 0.15) is 0 Å². The highest BCUT2D eigenvalue weighted by Gasteiger charge is 2.10. The molecule has 0 bridgehead atoms. The molecule has 5 nitrogen and oxygen atoms in total. The summed E-state index contributed by atoms with van der Waals surface area (Å²) in [4.78, 5) is 26.4. The number of fused-ring (bicyclic) bond motifs is 1. The number of nitrogens with zero attached hydrogens (tertiary/aromatic N) is 1. The zero-order chi connectivity index (χ0) is 13.0. The fourth-order valence-corrected chi connectivity index (χ4v) is 1.55. The SMILES string of the molecule is O=CN(CC=CC(=O)O)OC1=c2ccccc2=C1. The Labute approximate surface area is 103 Å². The molecule has 1 aliphatic carbocycles. The molecule has 0 atom stereocenters. The van der Waals surface area contributed by atoms with E-state index in [2.05, 4.69) is 0 Å². The van der Waals surface area contributed by atoms with Gasteiger partial charge in [-0.1, -0.05) is 30.3 Å². The van der Waals surface area contributed by atoms with E-state index in [1.807, 2.05) is 30.3 Å². The lowest BCUT2D eigenvalue weighted by Gasteiger charge is -2.19. The quantitative estimate of drug-likeness (QED) is 0.421. The molecule has 0 heterocycles. The second-order valence-electron chi connectivity index (χ2n) is 3.63. The normalized spacial score (nSPS) is 12.3. The van der Waals surface area contributed by atoms with Crippen LogP contribution in [0.4, 0.5) is 0 Å². The molecule has 0 unspecified atom stereocenters. The van der Waals surface area contributed by atoms with Crippen LogP contribution in [0.1, 0.15) is 0 Å². The number of benzene rings is 1. The molecule has 0 radical (unpaired) electrons. The van der Waals surface area contributed by atoms with Crippen molar-refractivity contribution < 1.29 is 19.5 Å². The molecule has 2 rings (SSSR count). The summed E-state index contributed by atoms with van der Waals surface area (Å²) in [6.07, 6.45) is 4.62. The van der Waals surface area contributed by atoms with Crippen LogP contribution in [0.15, 0.2) is 36.4 Å². The molecule has 1 aliphatic rings. The third kappa shape index (κ3) is 2.57. The van der Waals surface area contributed by atoms with Crippen LogP contribution in [0.25, 0.3) is 11.8 Å². The van der Waals surface area contributed by atoms with Crippen LogP contribution in [0.2, 0.25) is 0 Å². The first kappa shape index (κ1) is 11.9. The van der Waals surface area contributed by atoms with Crippen LogP contribution < -0.4 is 10.4 Å². The van der Waals surface area contributed by atoms with E-state index >= 15 is 0 Å². The Morgan fingerprint density at radius 1 is 1.39 bits per heavy atom. The van der Waals surface area contributed by atoms with E-state index in [4.69, 9.17) is 9.94 Å². The summed E-state index contributed by atoms with van der Waals surface area (Å²) < 4.78 is 0. The van der Waals surface area contributed by atoms with Crippen LogP contribution in [-0.2, 0) is 14.4 Å². The first-order valence-corrected chi connectivity index (χ1v) is 5.31. The van der Waals surface area contributed by atoms with Gasteiger partial charge in [-0.2, -0.15) is 5.06 Å². The molecule has 0 aliphatic heterocycles. The zero-order valence-electron chi connectivity index (χ0n) is 9.45. The molecule has 1 amide bonds. The molecule has 5 heteroatoms. The fraction of sp³-hybridized carbons (Fsp3) is 0.0769. The number of amides is 1. The third-order valence-corrected chi connectivity index (χ3v) is 2.39. The van der Waals surface area contributed by atoms with Crippen molar-refractivity contribution in [3.05, 3.63) is 46.9 Å². The minimum absolute atomic E-state index is 0.0787. The molecule has 0 saturated heterocycles. The highest BCUT2D eigenvalue weighted by atomic mass is 16.7. The minimum atomic E-state index is -1.06. The molecule has 18 heavy (non-hydrogen) atoms. The second kappa shape index (κ2) is 5.18. The van der Waals surface area contributed by atoms with Crippen molar-refractivity contribution in [1.82, 2.24) is 5.06 Å². The van der Waals surface area contributed by atoms with Gasteiger partial charge in [0.15, 0.2) is 5.76 Å². The smallest absolute Gasteiger partial charge is 0.328 e. The second-order valence-corrected chi connectivity index (χ2v) is 3.63. The molecule has 0 spiro atoms. The lowest BCUT2D eigenvalue weighted by molar-refractivity contribution is -0.146. The van der Waals surface area contributed by atoms with Gasteiger partial charge in [0.2, 0.25) is 6.41 Å². The number of carbonyl (C=O) groups excluding carboxylic acids is 1. The van der Waals surface area contributed by atoms with Crippen LogP contribution in [0.3, 0.4) is 0 Å². The number of carbonyl (C=O) groups is 2. The molecule has 0 aromatic heterocycles. The Hall–Kier alpha value is -2.56. The minimum Gasteiger partial charge on any atom is -0.478 e. The van der Waals surface area contributed by atoms with Crippen LogP contribution in [0, 0.1) is 0 Å². The predicted octanol–water partition coefficient (Wildman–Crippen LogP) is -0.380. The van der Waals surface area contributed by atoms with Crippen LogP contribution in [0.5, 0.6) is 0 Å². The molecule has 1 aromatic rings. The maximum Gasteiger partial charge on any atom is 0.328 e. The average molecular weight is 245 g/mol. The van der Waals surface area contributed by atoms with E-state index in [9.17, 15) is 9.59 Å². The molecular formula is C13H11NO4. The van der Waals surface area contributed by atoms with Gasteiger partial charge in [-0.3, -0.25) is 4.79 Å². The Morgan fingerprint density at radius 3 is 2.83 bits per heavy atom. The number of aliphatic carboxylic acids is 1. The van der Waals surface area contributed by atoms with Gasteiger partial charge in [0, 0.05) is 11.3 Å². The molecular weight excluding hydrogens is 234 g/mol. The zero-order valence-corrected chi connectivity index (χ0v) is 9.45. The van der Waals surface area contributed by atoms with Crippen molar-refractivity contribution in [2.24, 2.45) is 0 Å². The molecule has 92 valence electrons. The Balaban J connectivity index is 2.02. The standard InChI is InChI=1S/C13H11NO4/c15-9-14(7-3-6-13(16)17)18-12-8-10-4-1-2-5-11(10)12/h1-6,8-9H,7H2,(H,16,17). The Morgan fingerprint density at radius 2 is 2.17 bits per heavy atom. The van der Waals surface area contributed by atoms with Crippen molar-refractivity contribution in [3.8, 4) is 0 Å². The van der Waals surface area contributed by atoms with E-state index in [0.29, 0.717) is 12.2 Å². The van der Waals surface area contributed by atoms with Gasteiger partial charge in [-0.25, -0.2) is 4.79 Å². The monoisotopic (exact) mass is 245 g/mol. The molecule has 1 aromatic carbocycles. The lowest BCUT2D eigenvalue weighted by Crippen LogP contribution is -2.37. The maximum atomic E-state index is 10.8. The highest BCUT2D eigenvalue weighted by Crippen LogP contribution is 2.05. The maximum absolute atomic E-state index is 10.8. The number of hydrogen-bond donors (Lipinski definition) is 1. The van der Waals surface area contributed by atoms with Gasteiger partial charge in [0.05, 0.1) is 6.54 Å². The highest BCUT2D eigenvalue weighted by molar-refractivity contribution is 5.80. The summed E-state index contributed by atoms with van der Waals surface area (Å²) in [5.74, 6) is -0.463. The van der Waals surface area contributed by atoms with E-state index in [0.717, 1.165) is 21.6 Å². The van der Waals surface area contributed by atoms with Crippen molar-refractivity contribution in [1.29, 1.82) is 0 Å². The molecule has 0 fully saturated rings. The largest absolute Gasteiger partial charge is 0.478 e. The van der Waals surface area contributed by atoms with Crippen molar-refractivity contribution in [2.45, 2.75) is 0 Å². The molecule has 0 saturated carbocycles. The third-order valence-electron chi connectivity index (χ3n) is 2.39. The molecule has 1 N–H and O–H groups in total. The van der Waals surface area contributed by atoms with Crippen LogP contribution in [-0.4, -0.2) is 29.1 Å². The van der Waals surface area contributed by atoms with Gasteiger partial charge in [0.25, 0.3) is 0 Å². The first-order chi connectivity index (χ1) is 8.70. The number of carboxylic acids is 1. The van der Waals surface area contributed by atoms with E-state index in [1.54, 1.807) is 0 Å². The van der Waals surface area contributed by atoms with Gasteiger partial charge >= 0.3 is 5.97 Å². The Bertz CT molecular complexity index is 618. The number of carboxylic acid groups (broad SMARTS) is 1. The summed E-state index contributed by atoms with van der Waals surface area (Å²) in [6.45, 7) is 0.0787. The number of rotatable bonds is 6. The van der Waals surface area contributed by atoms with Crippen molar-refractivity contribution >= 4 is 24.2 Å². The summed E-state index contributed by atoms with van der Waals surface area (Å²) in [7, 11) is 0. The van der Waals surface area contributed by atoms with Crippen molar-refractivity contribution in [2.75, 3.05) is 6.54 Å². The number of hydrogen-bond acceptors (Lipinski definition) is 3. The topological polar surface area (TPSA) is 66.8 Å². The average Bonchev–Trinajstić information content (AvgIpc) is 2.33. The Kier molecular flexibility index (Phi) is 3.43. The summed E-state index contributed by atoms with van der Waals surface area (Å²) in [6, 6.07) is 7.63. The van der Waals surface area contributed by atoms with Crippen LogP contribution >= 0.6 is 0 Å². The lowest BCUT2D eigenvalue weighted by atomic mass is 10.1. The van der Waals surface area contributed by atoms with E-state index in [-0.39, 0.29) is 6.54 Å². The summed E-state index contributed by atoms with van der Waals surface area (Å²) in [5, 5.41) is 11.4. The van der Waals surface area contributed by atoms with E-state index in [1.165, 1.54) is 6.08 Å². The number of hydroxylamine groups is 2. The fourth-order valence-electron chi connectivity index (χ4n) is 1.55. The van der Waals surface area contributed by atoms with Gasteiger partial charge < -0.3 is 9.94 Å². The van der Waals surface area contributed by atoms with Crippen molar-refractivity contribution in [3.63, 3.8) is 0 Å². The summed E-state index contributed by atoms with van der Waals surface area (Å²) in [5.41, 5.74) is 0. The summed E-state index contributed by atoms with van der Waals surface area (Å²) >= 11 is 0. The van der Waals surface area contributed by atoms with E-state index < -0.39 is 5.97 Å². The van der Waals surface area contributed by atoms with Gasteiger partial charge in [-0.05, 0) is 11.3 Å². The van der Waals surface area contributed by atoms with Gasteiger partial charge in [-0.15, -0.1) is 0 Å². The first-order valence-electron chi connectivity index (χ1n) is 5.31.